The van der Waals surface area contributed by atoms with Crippen molar-refractivity contribution in [2.45, 2.75) is 45.1 Å². The number of allylic oxidation sites excluding steroid dienone is 1. The Morgan fingerprint density at radius 3 is 2.74 bits per heavy atom. The molecule has 6 rings (SSSR count). The fourth-order valence-corrected chi connectivity index (χ4v) is 5.57. The highest BCUT2D eigenvalue weighted by atomic mass is 16.3. The Balaban J connectivity index is 1.51. The number of rotatable bonds is 1. The molecular formula is C30H27N3O. The third kappa shape index (κ3) is 3.33. The van der Waals surface area contributed by atoms with Crippen molar-refractivity contribution in [2.24, 2.45) is 9.98 Å². The Kier molecular flexibility index (Phi) is 4.84. The molecule has 4 heteroatoms. The number of pyridine rings is 1. The van der Waals surface area contributed by atoms with Crippen LogP contribution in [0.5, 0.6) is 0 Å². The van der Waals surface area contributed by atoms with Gasteiger partial charge < -0.3 is 4.42 Å². The summed E-state index contributed by atoms with van der Waals surface area (Å²) in [7, 11) is 0. The van der Waals surface area contributed by atoms with Crippen LogP contribution in [-0.4, -0.2) is 22.4 Å². The zero-order chi connectivity index (χ0) is 23.4. The lowest BCUT2D eigenvalue weighted by molar-refractivity contribution is 0.490. The summed E-state index contributed by atoms with van der Waals surface area (Å²) in [6.45, 7) is 12.4. The van der Waals surface area contributed by atoms with Crippen molar-refractivity contribution >= 4 is 33.5 Å². The summed E-state index contributed by atoms with van der Waals surface area (Å²) in [6.07, 6.45) is 4.52. The van der Waals surface area contributed by atoms with Crippen LogP contribution in [0.25, 0.3) is 22.1 Å². The van der Waals surface area contributed by atoms with Crippen molar-refractivity contribution in [3.8, 4) is 0 Å². The zero-order valence-electron chi connectivity index (χ0n) is 19.6. The summed E-state index contributed by atoms with van der Waals surface area (Å²) in [5.74, 6) is 0.300. The molecule has 0 spiro atoms. The first-order valence-electron chi connectivity index (χ1n) is 11.9. The van der Waals surface area contributed by atoms with Crippen LogP contribution in [0.4, 0.5) is 0 Å². The molecule has 0 amide bonds. The Labute approximate surface area is 199 Å². The molecule has 4 aromatic rings. The molecular weight excluding hydrogens is 418 g/mol. The molecule has 2 atom stereocenters. The van der Waals surface area contributed by atoms with E-state index in [9.17, 15) is 0 Å². The van der Waals surface area contributed by atoms with Crippen molar-refractivity contribution in [2.75, 3.05) is 0 Å². The Hall–Kier alpha value is -3.79. The van der Waals surface area contributed by atoms with Gasteiger partial charge in [0.2, 0.25) is 5.71 Å². The minimum atomic E-state index is 0.107. The Morgan fingerprint density at radius 1 is 1.03 bits per heavy atom. The maximum Gasteiger partial charge on any atom is 0.227 e. The summed E-state index contributed by atoms with van der Waals surface area (Å²) in [5.41, 5.74) is 10.3. The van der Waals surface area contributed by atoms with Crippen molar-refractivity contribution in [1.29, 1.82) is 0 Å². The molecule has 0 aliphatic carbocycles. The summed E-state index contributed by atoms with van der Waals surface area (Å²) in [5, 5.41) is 2.12. The first-order valence-corrected chi connectivity index (χ1v) is 11.9. The van der Waals surface area contributed by atoms with Gasteiger partial charge >= 0.3 is 0 Å². The number of hydrogen-bond acceptors (Lipinski definition) is 4. The van der Waals surface area contributed by atoms with E-state index in [0.717, 1.165) is 64.0 Å². The highest BCUT2D eigenvalue weighted by Crippen LogP contribution is 2.39. The normalized spacial score (nSPS) is 21.8. The van der Waals surface area contributed by atoms with Gasteiger partial charge in [-0.25, -0.2) is 4.98 Å². The van der Waals surface area contributed by atoms with Gasteiger partial charge in [0.25, 0.3) is 0 Å². The monoisotopic (exact) mass is 445 g/mol. The van der Waals surface area contributed by atoms with E-state index >= 15 is 0 Å². The molecule has 0 saturated heterocycles. The molecule has 2 aliphatic heterocycles. The highest BCUT2D eigenvalue weighted by Gasteiger charge is 2.31. The maximum atomic E-state index is 6.17. The van der Waals surface area contributed by atoms with E-state index in [1.807, 2.05) is 19.1 Å². The van der Waals surface area contributed by atoms with Crippen molar-refractivity contribution in [1.82, 2.24) is 4.98 Å². The topological polar surface area (TPSA) is 50.8 Å². The molecule has 0 N–H and O–H groups in total. The van der Waals surface area contributed by atoms with Crippen LogP contribution in [-0.2, 0) is 6.42 Å². The molecule has 2 aromatic carbocycles. The summed E-state index contributed by atoms with van der Waals surface area (Å²) < 4.78 is 6.17. The van der Waals surface area contributed by atoms with Gasteiger partial charge in [0.05, 0.1) is 11.8 Å². The van der Waals surface area contributed by atoms with Gasteiger partial charge in [0.1, 0.15) is 5.58 Å². The van der Waals surface area contributed by atoms with Crippen molar-refractivity contribution in [3.05, 3.63) is 101 Å². The van der Waals surface area contributed by atoms with E-state index < -0.39 is 0 Å². The second-order valence-electron chi connectivity index (χ2n) is 9.40. The molecule has 4 nitrogen and oxygen atoms in total. The lowest BCUT2D eigenvalue weighted by Gasteiger charge is -2.32. The van der Waals surface area contributed by atoms with Crippen LogP contribution >= 0.6 is 0 Å². The van der Waals surface area contributed by atoms with Crippen LogP contribution in [0.1, 0.15) is 53.6 Å². The molecule has 2 unspecified atom stereocenters. The molecule has 2 aliphatic rings. The lowest BCUT2D eigenvalue weighted by atomic mass is 9.78. The minimum Gasteiger partial charge on any atom is -0.438 e. The molecule has 2 aromatic heterocycles. The van der Waals surface area contributed by atoms with E-state index in [1.54, 1.807) is 0 Å². The van der Waals surface area contributed by atoms with Crippen molar-refractivity contribution in [3.63, 3.8) is 0 Å². The predicted molar refractivity (Wildman–Crippen MR) is 140 cm³/mol. The van der Waals surface area contributed by atoms with Crippen LogP contribution in [0, 0.1) is 6.92 Å². The van der Waals surface area contributed by atoms with Gasteiger partial charge in [-0.3, -0.25) is 9.98 Å². The molecule has 0 fully saturated rings. The van der Waals surface area contributed by atoms with Crippen LogP contribution in [0.15, 0.2) is 87.9 Å². The Bertz CT molecular complexity index is 1550. The number of benzene rings is 2. The third-order valence-corrected chi connectivity index (χ3v) is 7.19. The average molecular weight is 446 g/mol. The number of aliphatic imine (C=N–C) groups is 2. The predicted octanol–water partition coefficient (Wildman–Crippen LogP) is 7.09. The largest absolute Gasteiger partial charge is 0.438 e. The highest BCUT2D eigenvalue weighted by molar-refractivity contribution is 6.11. The fourth-order valence-electron chi connectivity index (χ4n) is 5.57. The molecule has 0 saturated carbocycles. The lowest BCUT2D eigenvalue weighted by Crippen LogP contribution is -2.27. The summed E-state index contributed by atoms with van der Waals surface area (Å²) in [4.78, 5) is 14.6. The second-order valence-corrected chi connectivity index (χ2v) is 9.40. The van der Waals surface area contributed by atoms with Gasteiger partial charge in [-0.05, 0) is 73.7 Å². The van der Waals surface area contributed by atoms with Gasteiger partial charge in [0, 0.05) is 45.8 Å². The number of hydrogen-bond donors (Lipinski definition) is 0. The second kappa shape index (κ2) is 7.91. The summed E-state index contributed by atoms with van der Waals surface area (Å²) in [6, 6.07) is 17.2. The van der Waals surface area contributed by atoms with E-state index in [0.29, 0.717) is 11.6 Å². The van der Waals surface area contributed by atoms with E-state index in [2.05, 4.69) is 67.5 Å². The van der Waals surface area contributed by atoms with E-state index in [4.69, 9.17) is 14.4 Å². The molecule has 168 valence electrons. The quantitative estimate of drug-likeness (QED) is 0.314. The van der Waals surface area contributed by atoms with E-state index in [1.165, 1.54) is 16.7 Å². The van der Waals surface area contributed by atoms with Crippen LogP contribution in [0.3, 0.4) is 0 Å². The zero-order valence-corrected chi connectivity index (χ0v) is 19.6. The van der Waals surface area contributed by atoms with Crippen LogP contribution in [0.2, 0.25) is 0 Å². The smallest absolute Gasteiger partial charge is 0.227 e. The Morgan fingerprint density at radius 2 is 1.88 bits per heavy atom. The first kappa shape index (κ1) is 20.8. The van der Waals surface area contributed by atoms with Gasteiger partial charge in [-0.15, -0.1) is 0 Å². The first-order chi connectivity index (χ1) is 16.5. The molecule has 34 heavy (non-hydrogen) atoms. The number of fused-ring (bicyclic) bond motifs is 7. The SMILES string of the molecule is C=CC1=NC2CC(=C)/N=C(/C)c3cc4c(cc3CCC2c2ccccc21)oc1nc(C)ccc14. The third-order valence-electron chi connectivity index (χ3n) is 7.19. The number of aryl methyl sites for hydroxylation is 2. The molecule has 0 radical (unpaired) electrons. The van der Waals surface area contributed by atoms with Crippen LogP contribution < -0.4 is 0 Å². The number of furan rings is 1. The number of aromatic nitrogens is 1. The van der Waals surface area contributed by atoms with Gasteiger partial charge in [0.15, 0.2) is 0 Å². The fraction of sp³-hybridized carbons (Fsp3) is 0.233. The summed E-state index contributed by atoms with van der Waals surface area (Å²) >= 11 is 0. The molecule has 0 bridgehead atoms. The average Bonchev–Trinajstić information content (AvgIpc) is 3.18. The molecule has 4 heterocycles. The van der Waals surface area contributed by atoms with Gasteiger partial charge in [-0.1, -0.05) is 37.4 Å². The van der Waals surface area contributed by atoms with E-state index in [-0.39, 0.29) is 6.04 Å². The number of nitrogens with zero attached hydrogens (tertiary/aromatic N) is 3. The standard InChI is InChI=1S/C30H27N3O/c1-5-27-22-9-7-6-8-21(22)23-13-11-20-15-29-26(24-12-10-17(2)32-30(24)34-29)16-25(20)19(4)31-18(3)14-28(23)33-27/h5-10,12,15-16,23,28H,1,3,11,13-14H2,2,4H3/b31-19-. The maximum absolute atomic E-state index is 6.17. The van der Waals surface area contributed by atoms with Gasteiger partial charge in [-0.2, -0.15) is 0 Å². The minimum absolute atomic E-state index is 0.107. The van der Waals surface area contributed by atoms with Crippen molar-refractivity contribution < 1.29 is 4.42 Å².